The molecule has 12 heteroatoms. The average Bonchev–Trinajstić information content (AvgIpc) is 3.37. The molecule has 0 radical (unpaired) electrons. The molecule has 0 aromatic carbocycles. The van der Waals surface area contributed by atoms with Crippen LogP contribution in [0.15, 0.2) is 24.4 Å². The molecule has 8 nitrogen and oxygen atoms in total. The molecule has 3 fully saturated rings. The Morgan fingerprint density at radius 1 is 1.37 bits per heavy atom. The van der Waals surface area contributed by atoms with Gasteiger partial charge in [-0.15, -0.1) is 0 Å². The van der Waals surface area contributed by atoms with Crippen molar-refractivity contribution in [3.05, 3.63) is 30.1 Å². The highest BCUT2D eigenvalue weighted by Gasteiger charge is 2.55. The molecule has 168 valence electrons. The first-order valence-corrected chi connectivity index (χ1v) is 10.9. The van der Waals surface area contributed by atoms with E-state index in [0.717, 1.165) is 18.5 Å². The number of rotatable bonds is 6. The highest BCUT2D eigenvalue weighted by molar-refractivity contribution is 7.90. The Morgan fingerprint density at radius 2 is 2.07 bits per heavy atom. The maximum absolute atomic E-state index is 12.5. The lowest BCUT2D eigenvalue weighted by Gasteiger charge is -2.26. The van der Waals surface area contributed by atoms with Gasteiger partial charge in [0.2, 0.25) is 10.0 Å². The number of halogens is 3. The number of sulfonamides is 1. The first-order chi connectivity index (χ1) is 14.0. The van der Waals surface area contributed by atoms with Crippen LogP contribution in [0.25, 0.3) is 0 Å². The third-order valence-corrected chi connectivity index (χ3v) is 7.72. The molecule has 0 unspecified atom stereocenters. The number of hydrogen-bond donors (Lipinski definition) is 1. The van der Waals surface area contributed by atoms with Gasteiger partial charge < -0.3 is 14.6 Å². The summed E-state index contributed by atoms with van der Waals surface area (Å²) in [4.78, 5) is 13.1. The summed E-state index contributed by atoms with van der Waals surface area (Å²) >= 11 is 0. The number of hydrogen-bond acceptors (Lipinski definition) is 6. The van der Waals surface area contributed by atoms with Crippen LogP contribution < -0.4 is 0 Å². The average molecular weight is 452 g/mol. The van der Waals surface area contributed by atoms with Gasteiger partial charge >= 0.3 is 12.1 Å². The Balaban J connectivity index is 0.000000318. The number of ether oxygens (including phenoxy) is 2. The van der Waals surface area contributed by atoms with E-state index in [2.05, 4.69) is 4.98 Å². The van der Waals surface area contributed by atoms with E-state index in [1.54, 1.807) is 10.5 Å². The van der Waals surface area contributed by atoms with Gasteiger partial charge in [0, 0.05) is 30.6 Å². The minimum absolute atomic E-state index is 0.145. The lowest BCUT2D eigenvalue weighted by atomic mass is 9.82. The summed E-state index contributed by atoms with van der Waals surface area (Å²) < 4.78 is 69.9. The lowest BCUT2D eigenvalue weighted by Crippen LogP contribution is -2.38. The summed E-state index contributed by atoms with van der Waals surface area (Å²) in [6, 6.07) is 5.74. The van der Waals surface area contributed by atoms with Crippen LogP contribution in [0.4, 0.5) is 13.2 Å². The van der Waals surface area contributed by atoms with Crippen molar-refractivity contribution in [2.45, 2.75) is 30.9 Å². The predicted molar refractivity (Wildman–Crippen MR) is 97.8 cm³/mol. The Labute approximate surface area is 172 Å². The van der Waals surface area contributed by atoms with Gasteiger partial charge in [-0.2, -0.15) is 13.2 Å². The fraction of sp³-hybridized carbons (Fsp3) is 0.667. The van der Waals surface area contributed by atoms with Crippen molar-refractivity contribution >= 4 is 16.0 Å². The molecule has 1 saturated carbocycles. The molecule has 2 atom stereocenters. The zero-order valence-electron chi connectivity index (χ0n) is 16.0. The number of nitrogens with zero attached hydrogens (tertiary/aromatic N) is 2. The summed E-state index contributed by atoms with van der Waals surface area (Å²) in [5.74, 6) is -2.52. The van der Waals surface area contributed by atoms with E-state index in [0.29, 0.717) is 39.5 Å². The molecule has 4 rings (SSSR count). The van der Waals surface area contributed by atoms with Crippen LogP contribution in [0.5, 0.6) is 0 Å². The van der Waals surface area contributed by atoms with Crippen LogP contribution >= 0.6 is 0 Å². The Bertz CT molecular complexity index is 847. The van der Waals surface area contributed by atoms with Gasteiger partial charge in [-0.05, 0) is 25.0 Å². The quantitative estimate of drug-likeness (QED) is 0.700. The summed E-state index contributed by atoms with van der Waals surface area (Å²) in [6.07, 6.45) is -1.72. The van der Waals surface area contributed by atoms with Gasteiger partial charge in [-0.1, -0.05) is 6.07 Å². The number of carbonyl (C=O) groups is 1. The Morgan fingerprint density at radius 3 is 2.63 bits per heavy atom. The first-order valence-electron chi connectivity index (χ1n) is 9.39. The van der Waals surface area contributed by atoms with Crippen molar-refractivity contribution in [2.75, 3.05) is 32.9 Å². The van der Waals surface area contributed by atoms with Crippen LogP contribution in [-0.4, -0.2) is 73.1 Å². The topological polar surface area (TPSA) is 106 Å². The van der Waals surface area contributed by atoms with Crippen molar-refractivity contribution in [1.82, 2.24) is 9.29 Å². The van der Waals surface area contributed by atoms with E-state index in [1.165, 1.54) is 0 Å². The third kappa shape index (κ3) is 5.29. The minimum atomic E-state index is -5.08. The zero-order valence-corrected chi connectivity index (χ0v) is 16.9. The number of alkyl halides is 3. The molecule has 30 heavy (non-hydrogen) atoms. The number of aliphatic carboxylic acids is 1. The Kier molecular flexibility index (Phi) is 6.70. The van der Waals surface area contributed by atoms with E-state index in [4.69, 9.17) is 19.4 Å². The van der Waals surface area contributed by atoms with Gasteiger partial charge in [0.05, 0.1) is 37.4 Å². The monoisotopic (exact) mass is 452 g/mol. The highest BCUT2D eigenvalue weighted by atomic mass is 32.2. The molecular formula is C18H23F3N2O6S. The van der Waals surface area contributed by atoms with E-state index in [-0.39, 0.29) is 16.6 Å². The first kappa shape index (κ1) is 22.9. The van der Waals surface area contributed by atoms with Crippen molar-refractivity contribution in [3.63, 3.8) is 0 Å². The highest BCUT2D eigenvalue weighted by Crippen LogP contribution is 2.45. The van der Waals surface area contributed by atoms with Gasteiger partial charge in [-0.25, -0.2) is 17.5 Å². The van der Waals surface area contributed by atoms with Gasteiger partial charge in [0.15, 0.2) is 0 Å². The number of fused-ring (bicyclic) bond motifs is 1. The SMILES string of the molecule is O=C(O)C(F)(F)F.O=S(=O)(C1CC1)N1C[C@@H]2COC[C@]2(COCc2ccccn2)C1. The molecule has 1 aromatic rings. The van der Waals surface area contributed by atoms with Gasteiger partial charge in [-0.3, -0.25) is 4.98 Å². The molecule has 1 aliphatic carbocycles. The molecule has 0 spiro atoms. The van der Waals surface area contributed by atoms with Gasteiger partial charge in [0.25, 0.3) is 0 Å². The Hall–Kier alpha value is -1.76. The summed E-state index contributed by atoms with van der Waals surface area (Å²) in [6.45, 7) is 3.28. The largest absolute Gasteiger partial charge is 0.490 e. The predicted octanol–water partition coefficient (Wildman–Crippen LogP) is 1.67. The molecule has 2 saturated heterocycles. The normalized spacial score (nSPS) is 26.7. The van der Waals surface area contributed by atoms with E-state index < -0.39 is 22.2 Å². The summed E-state index contributed by atoms with van der Waals surface area (Å²) in [5, 5.41) is 6.98. The fourth-order valence-corrected chi connectivity index (χ4v) is 5.58. The van der Waals surface area contributed by atoms with Crippen LogP contribution in [-0.2, 0) is 30.9 Å². The van der Waals surface area contributed by atoms with E-state index >= 15 is 0 Å². The minimum Gasteiger partial charge on any atom is -0.475 e. The summed E-state index contributed by atoms with van der Waals surface area (Å²) in [5.41, 5.74) is 0.691. The molecule has 1 aromatic heterocycles. The second-order valence-electron chi connectivity index (χ2n) is 7.73. The molecular weight excluding hydrogens is 429 g/mol. The fourth-order valence-electron chi connectivity index (χ4n) is 3.60. The molecule has 3 heterocycles. The molecule has 3 aliphatic rings. The maximum atomic E-state index is 12.5. The standard InChI is InChI=1S/C16H22N2O4S.C2HF3O2/c19-23(20,15-4-5-15)18-7-13-8-21-11-16(13,10-18)12-22-9-14-3-1-2-6-17-14;3-2(4,5)1(6)7/h1-3,6,13,15H,4-5,7-12H2;(H,6,7)/t13-,16+;/m1./s1. The van der Waals surface area contributed by atoms with Crippen molar-refractivity contribution in [3.8, 4) is 0 Å². The lowest BCUT2D eigenvalue weighted by molar-refractivity contribution is -0.192. The number of pyridine rings is 1. The number of aromatic nitrogens is 1. The van der Waals surface area contributed by atoms with E-state index in [1.807, 2.05) is 18.2 Å². The second-order valence-corrected chi connectivity index (χ2v) is 9.94. The maximum Gasteiger partial charge on any atom is 0.490 e. The third-order valence-electron chi connectivity index (χ3n) is 5.40. The van der Waals surface area contributed by atoms with Crippen molar-refractivity contribution < 1.29 is 41.0 Å². The molecule has 1 N–H and O–H groups in total. The van der Waals surface area contributed by atoms with Crippen LogP contribution in [0, 0.1) is 11.3 Å². The number of carboxylic acids is 1. The van der Waals surface area contributed by atoms with E-state index in [9.17, 15) is 21.6 Å². The van der Waals surface area contributed by atoms with Crippen molar-refractivity contribution in [2.24, 2.45) is 11.3 Å². The molecule has 2 aliphatic heterocycles. The van der Waals surface area contributed by atoms with Crippen LogP contribution in [0.2, 0.25) is 0 Å². The van der Waals surface area contributed by atoms with Gasteiger partial charge in [0.1, 0.15) is 0 Å². The second kappa shape index (κ2) is 8.77. The summed E-state index contributed by atoms with van der Waals surface area (Å²) in [7, 11) is -3.11. The van der Waals surface area contributed by atoms with Crippen LogP contribution in [0.1, 0.15) is 18.5 Å². The van der Waals surface area contributed by atoms with Crippen molar-refractivity contribution in [1.29, 1.82) is 0 Å². The van der Waals surface area contributed by atoms with Crippen LogP contribution in [0.3, 0.4) is 0 Å². The molecule has 0 bridgehead atoms. The number of carboxylic acid groups (broad SMARTS) is 1. The zero-order chi connectivity index (χ0) is 22.0. The smallest absolute Gasteiger partial charge is 0.475 e. The molecule has 0 amide bonds.